The number of fused-ring (bicyclic) bond motifs is 2. The standard InChI is InChI=1S/C24H27N5O2/c1-24(2,3)23-25-18-8-6-7-9-20(18)29(23)16-13-28(14-16)21(30)15-10-11-17-19(12-15)26-27(4)22(17)31-5/h6-12,16H,13-14H2,1-5H3. The second-order valence-corrected chi connectivity index (χ2v) is 9.27. The molecule has 31 heavy (non-hydrogen) atoms. The molecular formula is C24H27N5O2. The number of hydrogen-bond acceptors (Lipinski definition) is 4. The molecule has 0 N–H and O–H groups in total. The number of likely N-dealkylation sites (tertiary alicyclic amines) is 1. The lowest BCUT2D eigenvalue weighted by atomic mass is 9.94. The summed E-state index contributed by atoms with van der Waals surface area (Å²) in [5, 5.41) is 5.37. The zero-order valence-electron chi connectivity index (χ0n) is 18.6. The topological polar surface area (TPSA) is 65.2 Å². The molecule has 160 valence electrons. The second-order valence-electron chi connectivity index (χ2n) is 9.27. The number of ether oxygens (including phenoxy) is 1. The highest BCUT2D eigenvalue weighted by molar-refractivity contribution is 5.99. The van der Waals surface area contributed by atoms with Crippen molar-refractivity contribution in [3.05, 3.63) is 53.9 Å². The zero-order valence-corrected chi connectivity index (χ0v) is 18.6. The van der Waals surface area contributed by atoms with Crippen LogP contribution in [0.5, 0.6) is 5.88 Å². The lowest BCUT2D eigenvalue weighted by Gasteiger charge is -2.41. The summed E-state index contributed by atoms with van der Waals surface area (Å²) in [6.07, 6.45) is 0. The summed E-state index contributed by atoms with van der Waals surface area (Å²) >= 11 is 0. The van der Waals surface area contributed by atoms with Gasteiger partial charge in [0.05, 0.1) is 35.1 Å². The Balaban J connectivity index is 1.41. The van der Waals surface area contributed by atoms with Crippen LogP contribution in [0.4, 0.5) is 0 Å². The Hall–Kier alpha value is -3.35. The van der Waals surface area contributed by atoms with E-state index >= 15 is 0 Å². The maximum Gasteiger partial charge on any atom is 0.254 e. The molecular weight excluding hydrogens is 390 g/mol. The normalized spacial score (nSPS) is 14.9. The van der Waals surface area contributed by atoms with E-state index < -0.39 is 0 Å². The van der Waals surface area contributed by atoms with Crippen LogP contribution in [0.1, 0.15) is 43.0 Å². The van der Waals surface area contributed by atoms with Crippen LogP contribution in [-0.4, -0.2) is 50.3 Å². The Kier molecular flexibility index (Phi) is 4.32. The van der Waals surface area contributed by atoms with E-state index in [-0.39, 0.29) is 17.4 Å². The van der Waals surface area contributed by atoms with Gasteiger partial charge in [0.15, 0.2) is 0 Å². The molecule has 0 atom stereocenters. The van der Waals surface area contributed by atoms with E-state index in [0.717, 1.165) is 27.8 Å². The summed E-state index contributed by atoms with van der Waals surface area (Å²) in [6.45, 7) is 7.89. The number of hydrogen-bond donors (Lipinski definition) is 0. The minimum atomic E-state index is -0.0769. The maximum absolute atomic E-state index is 13.1. The Bertz CT molecular complexity index is 1300. The summed E-state index contributed by atoms with van der Waals surface area (Å²) < 4.78 is 9.42. The predicted molar refractivity (Wildman–Crippen MR) is 121 cm³/mol. The molecule has 7 nitrogen and oxygen atoms in total. The van der Waals surface area contributed by atoms with Gasteiger partial charge in [-0.15, -0.1) is 0 Å². The molecule has 0 saturated carbocycles. The molecule has 0 bridgehead atoms. The minimum absolute atomic E-state index is 0.0319. The quantitative estimate of drug-likeness (QED) is 0.507. The number of para-hydroxylation sites is 2. The number of nitrogens with zero attached hydrogens (tertiary/aromatic N) is 5. The van der Waals surface area contributed by atoms with E-state index in [1.165, 1.54) is 0 Å². The third-order valence-corrected chi connectivity index (χ3v) is 6.00. The predicted octanol–water partition coefficient (Wildman–Crippen LogP) is 3.93. The van der Waals surface area contributed by atoms with Crippen LogP contribution in [0.2, 0.25) is 0 Å². The highest BCUT2D eigenvalue weighted by Gasteiger charge is 2.36. The lowest BCUT2D eigenvalue weighted by molar-refractivity contribution is 0.0518. The summed E-state index contributed by atoms with van der Waals surface area (Å²) in [4.78, 5) is 19.9. The maximum atomic E-state index is 13.1. The Morgan fingerprint density at radius 1 is 1.10 bits per heavy atom. The molecule has 0 radical (unpaired) electrons. The molecule has 1 saturated heterocycles. The van der Waals surface area contributed by atoms with Gasteiger partial charge in [-0.2, -0.15) is 5.10 Å². The summed E-state index contributed by atoms with van der Waals surface area (Å²) in [7, 11) is 3.46. The van der Waals surface area contributed by atoms with Crippen LogP contribution in [-0.2, 0) is 12.5 Å². The van der Waals surface area contributed by atoms with Gasteiger partial charge in [-0.1, -0.05) is 32.9 Å². The fourth-order valence-electron chi connectivity index (χ4n) is 4.46. The van der Waals surface area contributed by atoms with Gasteiger partial charge in [0.2, 0.25) is 5.88 Å². The van der Waals surface area contributed by atoms with Crippen molar-refractivity contribution in [2.24, 2.45) is 7.05 Å². The number of rotatable bonds is 3. The molecule has 0 unspecified atom stereocenters. The number of aromatic nitrogens is 4. The van der Waals surface area contributed by atoms with Crippen molar-refractivity contribution in [2.75, 3.05) is 20.2 Å². The number of carbonyl (C=O) groups is 1. The Labute approximate surface area is 181 Å². The van der Waals surface area contributed by atoms with Crippen LogP contribution in [0.3, 0.4) is 0 Å². The first kappa shape index (κ1) is 19.6. The molecule has 1 aliphatic heterocycles. The number of carbonyl (C=O) groups excluding carboxylic acids is 1. The molecule has 7 heteroatoms. The van der Waals surface area contributed by atoms with Crippen molar-refractivity contribution in [3.63, 3.8) is 0 Å². The van der Waals surface area contributed by atoms with Crippen LogP contribution in [0, 0.1) is 0 Å². The van der Waals surface area contributed by atoms with E-state index in [1.807, 2.05) is 42.3 Å². The van der Waals surface area contributed by atoms with Gasteiger partial charge in [0, 0.05) is 31.1 Å². The first-order chi connectivity index (χ1) is 14.8. The summed E-state index contributed by atoms with van der Waals surface area (Å²) in [5.41, 5.74) is 3.47. The van der Waals surface area contributed by atoms with Gasteiger partial charge >= 0.3 is 0 Å². The van der Waals surface area contributed by atoms with Gasteiger partial charge in [0.1, 0.15) is 5.82 Å². The smallest absolute Gasteiger partial charge is 0.254 e. The molecule has 1 amide bonds. The van der Waals surface area contributed by atoms with Gasteiger partial charge in [0.25, 0.3) is 5.91 Å². The van der Waals surface area contributed by atoms with Gasteiger partial charge in [-0.05, 0) is 30.3 Å². The number of aryl methyl sites for hydroxylation is 1. The molecule has 5 rings (SSSR count). The fourth-order valence-corrected chi connectivity index (χ4v) is 4.46. The van der Waals surface area contributed by atoms with Crippen molar-refractivity contribution in [1.29, 1.82) is 0 Å². The highest BCUT2D eigenvalue weighted by atomic mass is 16.5. The average Bonchev–Trinajstić information content (AvgIpc) is 3.23. The lowest BCUT2D eigenvalue weighted by Crippen LogP contribution is -2.51. The van der Waals surface area contributed by atoms with E-state index in [1.54, 1.807) is 11.8 Å². The number of benzene rings is 2. The minimum Gasteiger partial charge on any atom is -0.481 e. The molecule has 2 aromatic carbocycles. The Morgan fingerprint density at radius 3 is 2.55 bits per heavy atom. The number of imidazole rings is 1. The highest BCUT2D eigenvalue weighted by Crippen LogP contribution is 2.34. The molecule has 2 aromatic heterocycles. The van der Waals surface area contributed by atoms with Gasteiger partial charge in [-0.3, -0.25) is 4.79 Å². The van der Waals surface area contributed by atoms with E-state index in [9.17, 15) is 4.79 Å². The second kappa shape index (κ2) is 6.83. The van der Waals surface area contributed by atoms with Crippen molar-refractivity contribution in [1.82, 2.24) is 24.2 Å². The van der Waals surface area contributed by atoms with Gasteiger partial charge < -0.3 is 14.2 Å². The number of methoxy groups -OCH3 is 1. The first-order valence-electron chi connectivity index (χ1n) is 10.6. The summed E-state index contributed by atoms with van der Waals surface area (Å²) in [6, 6.07) is 14.1. The monoisotopic (exact) mass is 417 g/mol. The van der Waals surface area contributed by atoms with E-state index in [0.29, 0.717) is 24.5 Å². The summed E-state index contributed by atoms with van der Waals surface area (Å²) in [5.74, 6) is 1.79. The third-order valence-electron chi connectivity index (χ3n) is 6.00. The van der Waals surface area contributed by atoms with Crippen molar-refractivity contribution in [3.8, 4) is 5.88 Å². The van der Waals surface area contributed by atoms with Crippen LogP contribution in [0.15, 0.2) is 42.5 Å². The van der Waals surface area contributed by atoms with E-state index in [4.69, 9.17) is 9.72 Å². The van der Waals surface area contributed by atoms with Gasteiger partial charge in [-0.25, -0.2) is 9.67 Å². The SMILES string of the molecule is COc1c2ccc(C(=O)N3CC(n4c(C(C)(C)C)nc5ccccc54)C3)cc2nn1C. The molecule has 1 fully saturated rings. The molecule has 0 aliphatic carbocycles. The molecule has 0 spiro atoms. The van der Waals surface area contributed by atoms with Crippen molar-refractivity contribution in [2.45, 2.75) is 32.2 Å². The number of amides is 1. The first-order valence-corrected chi connectivity index (χ1v) is 10.6. The van der Waals surface area contributed by atoms with Crippen molar-refractivity contribution >= 4 is 27.8 Å². The fraction of sp³-hybridized carbons (Fsp3) is 0.375. The molecule has 1 aliphatic rings. The molecule has 3 heterocycles. The van der Waals surface area contributed by atoms with E-state index in [2.05, 4.69) is 42.6 Å². The average molecular weight is 418 g/mol. The molecule has 4 aromatic rings. The van der Waals surface area contributed by atoms with Crippen molar-refractivity contribution < 1.29 is 9.53 Å². The van der Waals surface area contributed by atoms with Crippen LogP contribution < -0.4 is 4.74 Å². The zero-order chi connectivity index (χ0) is 21.9. The third kappa shape index (κ3) is 3.07. The van der Waals surface area contributed by atoms with Crippen LogP contribution in [0.25, 0.3) is 21.9 Å². The van der Waals surface area contributed by atoms with Crippen LogP contribution >= 0.6 is 0 Å². The largest absolute Gasteiger partial charge is 0.481 e. The Morgan fingerprint density at radius 2 is 1.84 bits per heavy atom.